The van der Waals surface area contributed by atoms with E-state index >= 15 is 0 Å². The van der Waals surface area contributed by atoms with Gasteiger partial charge in [-0.25, -0.2) is 0 Å². The minimum absolute atomic E-state index is 0. The summed E-state index contributed by atoms with van der Waals surface area (Å²) in [4.78, 5) is 14.4. The lowest BCUT2D eigenvalue weighted by Crippen LogP contribution is -2.34. The molecule has 2 fully saturated rings. The molecule has 1 amide bonds. The minimum atomic E-state index is 0. The Morgan fingerprint density at radius 1 is 1.36 bits per heavy atom. The summed E-state index contributed by atoms with van der Waals surface area (Å²) in [5, 5.41) is 4.45. The summed E-state index contributed by atoms with van der Waals surface area (Å²) in [7, 11) is 1.85. The Labute approximate surface area is 147 Å². The summed E-state index contributed by atoms with van der Waals surface area (Å²) >= 11 is 12.2. The summed E-state index contributed by atoms with van der Waals surface area (Å²) in [5.74, 6) is 0.440. The van der Waals surface area contributed by atoms with Crippen LogP contribution in [0.25, 0.3) is 0 Å². The molecule has 1 aromatic rings. The maximum atomic E-state index is 12.6. The van der Waals surface area contributed by atoms with Crippen LogP contribution in [-0.4, -0.2) is 30.9 Å². The van der Waals surface area contributed by atoms with Gasteiger partial charge in [0.15, 0.2) is 0 Å². The number of halogens is 3. The number of benzene rings is 1. The third-order valence-corrected chi connectivity index (χ3v) is 5.76. The van der Waals surface area contributed by atoms with Gasteiger partial charge in [-0.2, -0.15) is 0 Å². The van der Waals surface area contributed by atoms with E-state index in [0.717, 1.165) is 37.9 Å². The highest BCUT2D eigenvalue weighted by atomic mass is 35.5. The van der Waals surface area contributed by atoms with Crippen molar-refractivity contribution in [2.75, 3.05) is 20.1 Å². The molecular formula is C16H21Cl3N2O. The second-order valence-corrected chi connectivity index (χ2v) is 7.06. The second-order valence-electron chi connectivity index (χ2n) is 6.28. The predicted molar refractivity (Wildman–Crippen MR) is 92.8 cm³/mol. The van der Waals surface area contributed by atoms with E-state index in [2.05, 4.69) is 5.32 Å². The van der Waals surface area contributed by atoms with Crippen molar-refractivity contribution in [3.8, 4) is 0 Å². The van der Waals surface area contributed by atoms with Crippen molar-refractivity contribution in [1.29, 1.82) is 0 Å². The molecule has 1 heterocycles. The van der Waals surface area contributed by atoms with Gasteiger partial charge in [0.25, 0.3) is 0 Å². The van der Waals surface area contributed by atoms with E-state index in [1.165, 1.54) is 0 Å². The largest absolute Gasteiger partial charge is 0.341 e. The third kappa shape index (κ3) is 3.38. The molecule has 1 aliphatic heterocycles. The predicted octanol–water partition coefficient (Wildman–Crippen LogP) is 3.76. The number of carbonyl (C=O) groups is 1. The first-order chi connectivity index (χ1) is 10.0. The highest BCUT2D eigenvalue weighted by Gasteiger charge is 2.58. The number of rotatable bonds is 3. The third-order valence-electron chi connectivity index (χ3n) is 4.90. The molecule has 22 heavy (non-hydrogen) atoms. The highest BCUT2D eigenvalue weighted by Crippen LogP contribution is 2.59. The Morgan fingerprint density at radius 2 is 2.05 bits per heavy atom. The first kappa shape index (κ1) is 17.9. The fourth-order valence-corrected chi connectivity index (χ4v) is 3.82. The molecule has 2 aliphatic rings. The van der Waals surface area contributed by atoms with Crippen LogP contribution in [0.4, 0.5) is 0 Å². The van der Waals surface area contributed by atoms with Gasteiger partial charge in [-0.3, -0.25) is 4.79 Å². The van der Waals surface area contributed by atoms with Crippen LogP contribution >= 0.6 is 35.6 Å². The van der Waals surface area contributed by atoms with E-state index in [1.54, 1.807) is 11.0 Å². The summed E-state index contributed by atoms with van der Waals surface area (Å²) in [5.41, 5.74) is 1.18. The lowest BCUT2D eigenvalue weighted by atomic mass is 9.91. The van der Waals surface area contributed by atoms with Crippen molar-refractivity contribution < 1.29 is 4.79 Å². The number of nitrogens with zero attached hydrogens (tertiary/aromatic N) is 1. The number of amides is 1. The van der Waals surface area contributed by atoms with Crippen molar-refractivity contribution in [1.82, 2.24) is 10.2 Å². The Balaban J connectivity index is 0.00000176. The number of carbonyl (C=O) groups excluding carboxylic acids is 1. The van der Waals surface area contributed by atoms with Gasteiger partial charge in [-0.15, -0.1) is 12.4 Å². The zero-order chi connectivity index (χ0) is 15.0. The molecule has 1 atom stereocenters. The van der Waals surface area contributed by atoms with Gasteiger partial charge in [0.05, 0.1) is 10.0 Å². The molecule has 122 valence electrons. The molecule has 0 bridgehead atoms. The van der Waals surface area contributed by atoms with Crippen LogP contribution in [0.15, 0.2) is 18.2 Å². The molecule has 1 spiro atoms. The maximum Gasteiger partial charge on any atom is 0.226 e. The van der Waals surface area contributed by atoms with Crippen LogP contribution in [0.5, 0.6) is 0 Å². The van der Waals surface area contributed by atoms with Crippen LogP contribution in [0, 0.1) is 11.3 Å². The van der Waals surface area contributed by atoms with Gasteiger partial charge >= 0.3 is 0 Å². The van der Waals surface area contributed by atoms with Crippen molar-refractivity contribution in [3.63, 3.8) is 0 Å². The number of hydrogen-bond acceptors (Lipinski definition) is 2. The van der Waals surface area contributed by atoms with Crippen LogP contribution in [0.1, 0.15) is 24.8 Å². The van der Waals surface area contributed by atoms with E-state index in [0.29, 0.717) is 16.6 Å². The van der Waals surface area contributed by atoms with Gasteiger partial charge in [0.2, 0.25) is 5.91 Å². The van der Waals surface area contributed by atoms with Gasteiger partial charge < -0.3 is 10.2 Å². The molecule has 1 unspecified atom stereocenters. The molecule has 1 saturated heterocycles. The summed E-state index contributed by atoms with van der Waals surface area (Å²) in [6, 6.07) is 5.55. The number of nitrogens with one attached hydrogen (secondary N) is 1. The van der Waals surface area contributed by atoms with Gasteiger partial charge in [-0.1, -0.05) is 35.3 Å². The number of piperidine rings is 1. The molecule has 1 saturated carbocycles. The Hall–Kier alpha value is -0.480. The van der Waals surface area contributed by atoms with Gasteiger partial charge in [0, 0.05) is 19.5 Å². The fourth-order valence-electron chi connectivity index (χ4n) is 3.44. The SMILES string of the molecule is CN(Cc1cccc(Cl)c1Cl)C(=O)C1CC12CCNCC2.Cl. The zero-order valence-corrected chi connectivity index (χ0v) is 14.9. The quantitative estimate of drug-likeness (QED) is 0.886. The standard InChI is InChI=1S/C16H20Cl2N2O.ClH/c1-20(10-11-3-2-4-13(17)14(11)18)15(21)12-9-16(12)5-7-19-8-6-16;/h2-4,12,19H,5-10H2,1H3;1H. The second kappa shape index (κ2) is 6.96. The summed E-state index contributed by atoms with van der Waals surface area (Å²) in [6.45, 7) is 2.59. The van der Waals surface area contributed by atoms with Crippen LogP contribution < -0.4 is 5.32 Å². The van der Waals surface area contributed by atoms with Crippen molar-refractivity contribution in [3.05, 3.63) is 33.8 Å². The maximum absolute atomic E-state index is 12.6. The smallest absolute Gasteiger partial charge is 0.226 e. The Bertz CT molecular complexity index is 558. The Morgan fingerprint density at radius 3 is 2.73 bits per heavy atom. The highest BCUT2D eigenvalue weighted by molar-refractivity contribution is 6.42. The van der Waals surface area contributed by atoms with Crippen LogP contribution in [-0.2, 0) is 11.3 Å². The van der Waals surface area contributed by atoms with Crippen molar-refractivity contribution >= 4 is 41.5 Å². The van der Waals surface area contributed by atoms with Crippen molar-refractivity contribution in [2.24, 2.45) is 11.3 Å². The fraction of sp³-hybridized carbons (Fsp3) is 0.562. The molecule has 0 aromatic heterocycles. The van der Waals surface area contributed by atoms with E-state index in [4.69, 9.17) is 23.2 Å². The van der Waals surface area contributed by atoms with E-state index in [1.807, 2.05) is 19.2 Å². The molecule has 3 rings (SSSR count). The molecular weight excluding hydrogens is 343 g/mol. The molecule has 1 aromatic carbocycles. The first-order valence-electron chi connectivity index (χ1n) is 7.42. The average molecular weight is 364 g/mol. The Kier molecular flexibility index (Phi) is 5.65. The molecule has 6 heteroatoms. The first-order valence-corrected chi connectivity index (χ1v) is 8.18. The average Bonchev–Trinajstić information content (AvgIpc) is 3.17. The molecule has 1 aliphatic carbocycles. The zero-order valence-electron chi connectivity index (χ0n) is 12.6. The summed E-state index contributed by atoms with van der Waals surface area (Å²) < 4.78 is 0. The minimum Gasteiger partial charge on any atom is -0.341 e. The normalized spacial score (nSPS) is 22.0. The van der Waals surface area contributed by atoms with Crippen LogP contribution in [0.2, 0.25) is 10.0 Å². The van der Waals surface area contributed by atoms with E-state index in [9.17, 15) is 4.79 Å². The molecule has 0 radical (unpaired) electrons. The van der Waals surface area contributed by atoms with Crippen LogP contribution in [0.3, 0.4) is 0 Å². The molecule has 1 N–H and O–H groups in total. The number of hydrogen-bond donors (Lipinski definition) is 1. The van der Waals surface area contributed by atoms with Gasteiger partial charge in [0.1, 0.15) is 0 Å². The van der Waals surface area contributed by atoms with E-state index in [-0.39, 0.29) is 29.6 Å². The lowest BCUT2D eigenvalue weighted by Gasteiger charge is -2.25. The van der Waals surface area contributed by atoms with Crippen molar-refractivity contribution in [2.45, 2.75) is 25.8 Å². The lowest BCUT2D eigenvalue weighted by molar-refractivity contribution is -0.132. The van der Waals surface area contributed by atoms with E-state index < -0.39 is 0 Å². The summed E-state index contributed by atoms with van der Waals surface area (Å²) in [6.07, 6.45) is 3.28. The molecule has 3 nitrogen and oxygen atoms in total. The van der Waals surface area contributed by atoms with Gasteiger partial charge in [-0.05, 0) is 49.4 Å². The monoisotopic (exact) mass is 362 g/mol. The topological polar surface area (TPSA) is 32.3 Å².